The minimum absolute atomic E-state index is 0.00392. The molecule has 0 saturated carbocycles. The zero-order valence-electron chi connectivity index (χ0n) is 16.0. The van der Waals surface area contributed by atoms with Crippen molar-refractivity contribution in [3.63, 3.8) is 0 Å². The van der Waals surface area contributed by atoms with Crippen LogP contribution in [0.2, 0.25) is 0 Å². The van der Waals surface area contributed by atoms with Crippen molar-refractivity contribution in [2.45, 2.75) is 31.9 Å². The molecule has 0 unspecified atom stereocenters. The molecule has 0 radical (unpaired) electrons. The second kappa shape index (κ2) is 6.87. The van der Waals surface area contributed by atoms with E-state index in [9.17, 15) is 14.7 Å². The summed E-state index contributed by atoms with van der Waals surface area (Å²) in [6.07, 6.45) is 2.33. The van der Waals surface area contributed by atoms with Gasteiger partial charge in [0.25, 0.3) is 5.56 Å². The summed E-state index contributed by atoms with van der Waals surface area (Å²) in [4.78, 5) is 30.7. The van der Waals surface area contributed by atoms with Crippen LogP contribution in [0.1, 0.15) is 19.8 Å². The lowest BCUT2D eigenvalue weighted by Crippen LogP contribution is -2.49. The molecular weight excluding hydrogens is 358 g/mol. The van der Waals surface area contributed by atoms with Crippen LogP contribution in [0, 0.1) is 0 Å². The summed E-state index contributed by atoms with van der Waals surface area (Å²) in [7, 11) is 1.79. The minimum Gasteiger partial charge on any atom is -0.388 e. The van der Waals surface area contributed by atoms with E-state index in [0.717, 1.165) is 11.3 Å². The third-order valence-electron chi connectivity index (χ3n) is 5.46. The summed E-state index contributed by atoms with van der Waals surface area (Å²) in [5, 5.41) is 15.3. The summed E-state index contributed by atoms with van der Waals surface area (Å²) in [6, 6.07) is 9.70. The highest BCUT2D eigenvalue weighted by Crippen LogP contribution is 2.26. The maximum Gasteiger partial charge on any atom is 0.281 e. The first-order chi connectivity index (χ1) is 13.4. The fourth-order valence-corrected chi connectivity index (χ4v) is 3.84. The summed E-state index contributed by atoms with van der Waals surface area (Å²) in [6.45, 7) is 2.63. The maximum atomic E-state index is 13.0. The highest BCUT2D eigenvalue weighted by atomic mass is 16.3. The van der Waals surface area contributed by atoms with Gasteiger partial charge in [0.1, 0.15) is 5.52 Å². The normalized spacial score (nSPS) is 16.5. The number of nitrogens with zero attached hydrogens (tertiary/aromatic N) is 5. The number of piperidine rings is 1. The summed E-state index contributed by atoms with van der Waals surface area (Å²) < 4.78 is 3.09. The minimum atomic E-state index is -1.04. The number of benzene rings is 1. The smallest absolute Gasteiger partial charge is 0.281 e. The van der Waals surface area contributed by atoms with Crippen molar-refractivity contribution in [3.8, 4) is 11.3 Å². The van der Waals surface area contributed by atoms with Crippen LogP contribution in [0.4, 0.5) is 0 Å². The van der Waals surface area contributed by atoms with E-state index in [2.05, 4.69) is 10.1 Å². The van der Waals surface area contributed by atoms with Gasteiger partial charge < -0.3 is 10.0 Å². The van der Waals surface area contributed by atoms with E-state index >= 15 is 0 Å². The number of carbonyl (C=O) groups is 1. The molecule has 146 valence electrons. The van der Waals surface area contributed by atoms with Gasteiger partial charge in [-0.1, -0.05) is 30.3 Å². The van der Waals surface area contributed by atoms with Crippen LogP contribution in [-0.4, -0.2) is 53.9 Å². The van der Waals surface area contributed by atoms with Gasteiger partial charge >= 0.3 is 0 Å². The molecule has 28 heavy (non-hydrogen) atoms. The Kier molecular flexibility index (Phi) is 4.50. The molecule has 0 bridgehead atoms. The van der Waals surface area contributed by atoms with E-state index in [1.807, 2.05) is 30.3 Å². The number of hydrogen-bond donors (Lipinski definition) is 1. The standard InChI is InChI=1S/C20H23N5O3/c1-14(26)24-10-8-20(28,9-11-24)12-25-13-21-16-17(19(25)27)22-23(2)18(16)15-6-4-3-5-7-15/h3-7,13,28H,8-12H2,1-2H3. The van der Waals surface area contributed by atoms with Gasteiger partial charge in [-0.15, -0.1) is 0 Å². The number of aryl methyl sites for hydroxylation is 1. The quantitative estimate of drug-likeness (QED) is 0.735. The molecule has 1 saturated heterocycles. The maximum absolute atomic E-state index is 13.0. The SMILES string of the molecule is CC(=O)N1CCC(O)(Cn2cnc3c(-c4ccccc4)n(C)nc3c2=O)CC1. The Bertz CT molecular complexity index is 1080. The van der Waals surface area contributed by atoms with Gasteiger partial charge in [-0.25, -0.2) is 4.98 Å². The average Bonchev–Trinajstić information content (AvgIpc) is 3.02. The Hall–Kier alpha value is -3.00. The van der Waals surface area contributed by atoms with Gasteiger partial charge in [-0.2, -0.15) is 5.10 Å². The van der Waals surface area contributed by atoms with E-state index in [1.165, 1.54) is 17.8 Å². The van der Waals surface area contributed by atoms with Crippen LogP contribution in [0.5, 0.6) is 0 Å². The molecule has 1 aromatic carbocycles. The first-order valence-electron chi connectivity index (χ1n) is 9.33. The van der Waals surface area contributed by atoms with Crippen LogP contribution in [-0.2, 0) is 18.4 Å². The molecule has 3 heterocycles. The fraction of sp³-hybridized carbons (Fsp3) is 0.400. The van der Waals surface area contributed by atoms with Crippen molar-refractivity contribution in [2.75, 3.05) is 13.1 Å². The number of hydrogen-bond acceptors (Lipinski definition) is 5. The number of likely N-dealkylation sites (tertiary alicyclic amines) is 1. The van der Waals surface area contributed by atoms with Crippen LogP contribution in [0.15, 0.2) is 41.5 Å². The predicted molar refractivity (Wildman–Crippen MR) is 105 cm³/mol. The van der Waals surface area contributed by atoms with Gasteiger partial charge in [0, 0.05) is 32.6 Å². The van der Waals surface area contributed by atoms with Crippen molar-refractivity contribution in [2.24, 2.45) is 7.05 Å². The first-order valence-corrected chi connectivity index (χ1v) is 9.33. The van der Waals surface area contributed by atoms with Gasteiger partial charge in [0.2, 0.25) is 5.91 Å². The largest absolute Gasteiger partial charge is 0.388 e. The van der Waals surface area contributed by atoms with Crippen molar-refractivity contribution < 1.29 is 9.90 Å². The molecule has 0 atom stereocenters. The lowest BCUT2D eigenvalue weighted by Gasteiger charge is -2.37. The van der Waals surface area contributed by atoms with Gasteiger partial charge in [-0.3, -0.25) is 18.8 Å². The fourth-order valence-electron chi connectivity index (χ4n) is 3.84. The Balaban J connectivity index is 1.66. The van der Waals surface area contributed by atoms with Gasteiger partial charge in [-0.05, 0) is 12.8 Å². The number of amides is 1. The van der Waals surface area contributed by atoms with Crippen molar-refractivity contribution in [1.82, 2.24) is 24.2 Å². The van der Waals surface area contributed by atoms with Gasteiger partial charge in [0.05, 0.1) is 24.2 Å². The Morgan fingerprint density at radius 3 is 2.50 bits per heavy atom. The Labute approximate surface area is 162 Å². The monoisotopic (exact) mass is 381 g/mol. The molecule has 4 rings (SSSR count). The second-order valence-electron chi connectivity index (χ2n) is 7.44. The molecule has 1 N–H and O–H groups in total. The molecule has 1 amide bonds. The number of rotatable bonds is 3. The molecular formula is C20H23N5O3. The number of aromatic nitrogens is 4. The van der Waals surface area contributed by atoms with Gasteiger partial charge in [0.15, 0.2) is 5.52 Å². The average molecular weight is 381 g/mol. The Morgan fingerprint density at radius 2 is 1.86 bits per heavy atom. The molecule has 1 fully saturated rings. The molecule has 8 nitrogen and oxygen atoms in total. The Morgan fingerprint density at radius 1 is 1.18 bits per heavy atom. The number of carbonyl (C=O) groups excluding carboxylic acids is 1. The van der Waals surface area contributed by atoms with Crippen molar-refractivity contribution in [3.05, 3.63) is 47.0 Å². The van der Waals surface area contributed by atoms with E-state index in [4.69, 9.17) is 0 Å². The zero-order chi connectivity index (χ0) is 19.9. The molecule has 3 aromatic rings. The predicted octanol–water partition coefficient (Wildman–Crippen LogP) is 1.17. The van der Waals surface area contributed by atoms with E-state index in [-0.39, 0.29) is 23.5 Å². The molecule has 1 aliphatic heterocycles. The third kappa shape index (κ3) is 3.20. The lowest BCUT2D eigenvalue weighted by molar-refractivity contribution is -0.133. The topological polar surface area (TPSA) is 93.2 Å². The van der Waals surface area contributed by atoms with E-state index in [1.54, 1.807) is 16.6 Å². The first kappa shape index (κ1) is 18.4. The van der Waals surface area contributed by atoms with Crippen LogP contribution in [0.25, 0.3) is 22.3 Å². The van der Waals surface area contributed by atoms with Crippen molar-refractivity contribution >= 4 is 16.9 Å². The highest BCUT2D eigenvalue weighted by molar-refractivity contribution is 5.89. The molecule has 8 heteroatoms. The number of fused-ring (bicyclic) bond motifs is 1. The number of aliphatic hydroxyl groups is 1. The van der Waals surface area contributed by atoms with E-state index in [0.29, 0.717) is 31.4 Å². The van der Waals surface area contributed by atoms with Crippen LogP contribution >= 0.6 is 0 Å². The summed E-state index contributed by atoms with van der Waals surface area (Å²) >= 11 is 0. The summed E-state index contributed by atoms with van der Waals surface area (Å²) in [5.41, 5.74) is 1.25. The van der Waals surface area contributed by atoms with Crippen molar-refractivity contribution in [1.29, 1.82) is 0 Å². The molecule has 0 spiro atoms. The van der Waals surface area contributed by atoms with Crippen LogP contribution < -0.4 is 5.56 Å². The third-order valence-corrected chi connectivity index (χ3v) is 5.46. The highest BCUT2D eigenvalue weighted by Gasteiger charge is 2.34. The molecule has 1 aliphatic rings. The van der Waals surface area contributed by atoms with Crippen LogP contribution in [0.3, 0.4) is 0 Å². The molecule has 2 aromatic heterocycles. The molecule has 0 aliphatic carbocycles. The zero-order valence-corrected chi connectivity index (χ0v) is 16.0. The second-order valence-corrected chi connectivity index (χ2v) is 7.44. The lowest BCUT2D eigenvalue weighted by atomic mass is 9.91. The van der Waals surface area contributed by atoms with E-state index < -0.39 is 5.60 Å². The summed E-state index contributed by atoms with van der Waals surface area (Å²) in [5.74, 6) is 0.00392.